The van der Waals surface area contributed by atoms with Gasteiger partial charge >= 0.3 is 6.09 Å². The Kier molecular flexibility index (Phi) is 5.19. The second kappa shape index (κ2) is 6.91. The van der Waals surface area contributed by atoms with Crippen molar-refractivity contribution in [2.24, 2.45) is 0 Å². The lowest BCUT2D eigenvalue weighted by molar-refractivity contribution is 0.0790. The first-order valence-corrected chi connectivity index (χ1v) is 8.62. The van der Waals surface area contributed by atoms with Crippen LogP contribution in [0.3, 0.4) is 0 Å². The molecular formula is C14H19NO5S. The van der Waals surface area contributed by atoms with E-state index in [1.807, 2.05) is 30.3 Å². The van der Waals surface area contributed by atoms with Crippen LogP contribution >= 0.6 is 0 Å². The summed E-state index contributed by atoms with van der Waals surface area (Å²) in [5, 5.41) is 9.02. The van der Waals surface area contributed by atoms with Crippen molar-refractivity contribution < 1.29 is 23.1 Å². The molecule has 1 aromatic carbocycles. The van der Waals surface area contributed by atoms with Gasteiger partial charge in [-0.25, -0.2) is 13.2 Å². The normalized spacial score (nSPS) is 21.0. The highest BCUT2D eigenvalue weighted by Crippen LogP contribution is 2.16. The zero-order chi connectivity index (χ0) is 15.3. The van der Waals surface area contributed by atoms with Gasteiger partial charge in [0.2, 0.25) is 0 Å². The van der Waals surface area contributed by atoms with Crippen LogP contribution < -0.4 is 0 Å². The summed E-state index contributed by atoms with van der Waals surface area (Å²) in [6.45, 7) is 0.0953. The highest BCUT2D eigenvalue weighted by molar-refractivity contribution is 7.91. The molecule has 0 saturated carbocycles. The van der Waals surface area contributed by atoms with E-state index in [0.717, 1.165) is 5.56 Å². The zero-order valence-corrected chi connectivity index (χ0v) is 12.5. The predicted molar refractivity (Wildman–Crippen MR) is 77.5 cm³/mol. The van der Waals surface area contributed by atoms with E-state index in [9.17, 15) is 13.2 Å². The number of aliphatic hydroxyl groups excluding tert-OH is 1. The summed E-state index contributed by atoms with van der Waals surface area (Å²) in [7, 11) is -3.15. The maximum absolute atomic E-state index is 12.1. The third-order valence-electron chi connectivity index (χ3n) is 3.43. The SMILES string of the molecule is O=C(OCc1ccccc1)N1CCS(=O)(=O)CC1CCO. The molecule has 0 radical (unpaired) electrons. The highest BCUT2D eigenvalue weighted by atomic mass is 32.2. The van der Waals surface area contributed by atoms with Crippen LogP contribution in [0.2, 0.25) is 0 Å². The Morgan fingerprint density at radius 3 is 2.71 bits per heavy atom. The second-order valence-electron chi connectivity index (χ2n) is 5.01. The van der Waals surface area contributed by atoms with Gasteiger partial charge < -0.3 is 14.7 Å². The molecule has 1 heterocycles. The number of hydrogen-bond donors (Lipinski definition) is 1. The molecule has 0 aliphatic carbocycles. The van der Waals surface area contributed by atoms with E-state index >= 15 is 0 Å². The smallest absolute Gasteiger partial charge is 0.410 e. The monoisotopic (exact) mass is 313 g/mol. The molecule has 0 spiro atoms. The maximum atomic E-state index is 12.1. The van der Waals surface area contributed by atoms with E-state index < -0.39 is 22.0 Å². The quantitative estimate of drug-likeness (QED) is 0.889. The van der Waals surface area contributed by atoms with Gasteiger partial charge in [0.25, 0.3) is 0 Å². The van der Waals surface area contributed by atoms with Gasteiger partial charge in [0.05, 0.1) is 17.5 Å². The molecule has 2 rings (SSSR count). The van der Waals surface area contributed by atoms with Gasteiger partial charge in [-0.05, 0) is 12.0 Å². The van der Waals surface area contributed by atoms with Crippen LogP contribution in [0.1, 0.15) is 12.0 Å². The predicted octanol–water partition coefficient (Wildman–Crippen LogP) is 0.805. The van der Waals surface area contributed by atoms with Crippen LogP contribution in [-0.2, 0) is 21.2 Å². The van der Waals surface area contributed by atoms with Crippen LogP contribution in [0.15, 0.2) is 30.3 Å². The molecule has 116 valence electrons. The van der Waals surface area contributed by atoms with Crippen molar-refractivity contribution in [3.8, 4) is 0 Å². The Hall–Kier alpha value is -1.60. The first-order valence-electron chi connectivity index (χ1n) is 6.80. The van der Waals surface area contributed by atoms with E-state index in [0.29, 0.717) is 0 Å². The first kappa shape index (κ1) is 15.8. The number of nitrogens with zero attached hydrogens (tertiary/aromatic N) is 1. The fourth-order valence-electron chi connectivity index (χ4n) is 2.32. The van der Waals surface area contributed by atoms with E-state index in [2.05, 4.69) is 0 Å². The Bertz CT molecular complexity index is 572. The Labute approximate surface area is 124 Å². The topological polar surface area (TPSA) is 83.9 Å². The Morgan fingerprint density at radius 2 is 2.05 bits per heavy atom. The minimum atomic E-state index is -3.15. The summed E-state index contributed by atoms with van der Waals surface area (Å²) in [5.74, 6) is -0.177. The molecule has 1 aliphatic heterocycles. The number of sulfone groups is 1. The van der Waals surface area contributed by atoms with Gasteiger partial charge in [-0.3, -0.25) is 0 Å². The molecule has 0 aromatic heterocycles. The molecule has 7 heteroatoms. The van der Waals surface area contributed by atoms with Gasteiger partial charge in [0, 0.05) is 13.2 Å². The number of rotatable bonds is 4. The maximum Gasteiger partial charge on any atom is 0.410 e. The van der Waals surface area contributed by atoms with Crippen molar-refractivity contribution in [3.63, 3.8) is 0 Å². The van der Waals surface area contributed by atoms with Crippen LogP contribution in [0, 0.1) is 0 Å². The molecule has 1 amide bonds. The number of carbonyl (C=O) groups is 1. The number of benzene rings is 1. The summed E-state index contributed by atoms with van der Waals surface area (Å²) in [6, 6.07) is 8.75. The highest BCUT2D eigenvalue weighted by Gasteiger charge is 2.34. The molecular weight excluding hydrogens is 294 g/mol. The minimum absolute atomic E-state index is 0.0602. The van der Waals surface area contributed by atoms with Gasteiger partial charge in [-0.1, -0.05) is 30.3 Å². The van der Waals surface area contributed by atoms with Crippen molar-refractivity contribution in [3.05, 3.63) is 35.9 Å². The van der Waals surface area contributed by atoms with Crippen LogP contribution in [0.25, 0.3) is 0 Å². The van der Waals surface area contributed by atoms with Crippen molar-refractivity contribution >= 4 is 15.9 Å². The van der Waals surface area contributed by atoms with Gasteiger partial charge in [0.1, 0.15) is 6.61 Å². The van der Waals surface area contributed by atoms with Gasteiger partial charge in [-0.2, -0.15) is 0 Å². The lowest BCUT2D eigenvalue weighted by Crippen LogP contribution is -2.51. The number of hydrogen-bond acceptors (Lipinski definition) is 5. The van der Waals surface area contributed by atoms with Gasteiger partial charge in [-0.15, -0.1) is 0 Å². The van der Waals surface area contributed by atoms with E-state index in [1.165, 1.54) is 4.90 Å². The number of aliphatic hydroxyl groups is 1. The average Bonchev–Trinajstić information content (AvgIpc) is 2.45. The van der Waals surface area contributed by atoms with Gasteiger partial charge in [0.15, 0.2) is 9.84 Å². The summed E-state index contributed by atoms with van der Waals surface area (Å²) < 4.78 is 28.5. The summed E-state index contributed by atoms with van der Waals surface area (Å²) in [5.41, 5.74) is 0.870. The Morgan fingerprint density at radius 1 is 1.33 bits per heavy atom. The molecule has 1 fully saturated rings. The number of carbonyl (C=O) groups excluding carboxylic acids is 1. The lowest BCUT2D eigenvalue weighted by atomic mass is 10.2. The van der Waals surface area contributed by atoms with E-state index in [-0.39, 0.29) is 37.7 Å². The molecule has 0 bridgehead atoms. The van der Waals surface area contributed by atoms with E-state index in [4.69, 9.17) is 9.84 Å². The molecule has 21 heavy (non-hydrogen) atoms. The summed E-state index contributed by atoms with van der Waals surface area (Å²) in [6.07, 6.45) is -0.299. The molecule has 1 saturated heterocycles. The summed E-state index contributed by atoms with van der Waals surface area (Å²) in [4.78, 5) is 13.5. The molecule has 1 aromatic rings. The molecule has 1 aliphatic rings. The fourth-order valence-corrected chi connectivity index (χ4v) is 3.89. The molecule has 1 N–H and O–H groups in total. The van der Waals surface area contributed by atoms with Crippen LogP contribution in [0.4, 0.5) is 4.79 Å². The lowest BCUT2D eigenvalue weighted by Gasteiger charge is -2.34. The van der Waals surface area contributed by atoms with E-state index in [1.54, 1.807) is 0 Å². The zero-order valence-electron chi connectivity index (χ0n) is 11.6. The Balaban J connectivity index is 1.96. The van der Waals surface area contributed by atoms with Crippen molar-refractivity contribution in [1.82, 2.24) is 4.90 Å². The average molecular weight is 313 g/mol. The van der Waals surface area contributed by atoms with Crippen molar-refractivity contribution in [2.45, 2.75) is 19.1 Å². The number of ether oxygens (including phenoxy) is 1. The van der Waals surface area contributed by atoms with Crippen LogP contribution in [0.5, 0.6) is 0 Å². The third kappa shape index (κ3) is 4.44. The summed E-state index contributed by atoms with van der Waals surface area (Å²) >= 11 is 0. The van der Waals surface area contributed by atoms with Crippen molar-refractivity contribution in [1.29, 1.82) is 0 Å². The minimum Gasteiger partial charge on any atom is -0.445 e. The first-order chi connectivity index (χ1) is 10.0. The molecule has 6 nitrogen and oxygen atoms in total. The fraction of sp³-hybridized carbons (Fsp3) is 0.500. The molecule has 1 atom stereocenters. The largest absolute Gasteiger partial charge is 0.445 e. The number of amides is 1. The second-order valence-corrected chi connectivity index (χ2v) is 7.24. The third-order valence-corrected chi connectivity index (χ3v) is 5.13. The standard InChI is InChI=1S/C14H19NO5S/c16-8-6-13-11-21(18,19)9-7-15(13)14(17)20-10-12-4-2-1-3-5-12/h1-5,13,16H,6-11H2. The van der Waals surface area contributed by atoms with Crippen molar-refractivity contribution in [2.75, 3.05) is 24.7 Å². The van der Waals surface area contributed by atoms with Crippen LogP contribution in [-0.4, -0.2) is 55.2 Å². The molecule has 1 unspecified atom stereocenters.